The van der Waals surface area contributed by atoms with Crippen LogP contribution in [0.1, 0.15) is 22.3 Å². The Morgan fingerprint density at radius 2 is 1.69 bits per heavy atom. The second-order valence-electron chi connectivity index (χ2n) is 9.00. The van der Waals surface area contributed by atoms with E-state index in [1.807, 2.05) is 55.5 Å². The SMILES string of the molecule is COC(=O)COc1ccc(OC/C=C(\c2ccc(Cl)cc2)c2ccc(C#CCN3CCOCC3)cc2)cc1C. The van der Waals surface area contributed by atoms with Crippen molar-refractivity contribution in [3.8, 4) is 23.3 Å². The number of hydrogen-bond acceptors (Lipinski definition) is 6. The highest BCUT2D eigenvalue weighted by Gasteiger charge is 2.09. The first-order chi connectivity index (χ1) is 19.0. The van der Waals surface area contributed by atoms with Gasteiger partial charge in [0.05, 0.1) is 26.9 Å². The van der Waals surface area contributed by atoms with Crippen molar-refractivity contribution in [2.75, 3.05) is 53.2 Å². The van der Waals surface area contributed by atoms with Crippen molar-refractivity contribution in [2.45, 2.75) is 6.92 Å². The van der Waals surface area contributed by atoms with Crippen LogP contribution in [0.3, 0.4) is 0 Å². The fourth-order valence-corrected chi connectivity index (χ4v) is 4.19. The van der Waals surface area contributed by atoms with Crippen molar-refractivity contribution in [1.82, 2.24) is 4.90 Å². The maximum absolute atomic E-state index is 11.3. The molecule has 1 fully saturated rings. The van der Waals surface area contributed by atoms with E-state index < -0.39 is 5.97 Å². The zero-order valence-corrected chi connectivity index (χ0v) is 23.0. The molecule has 0 unspecified atom stereocenters. The third-order valence-electron chi connectivity index (χ3n) is 6.25. The van der Waals surface area contributed by atoms with E-state index in [0.29, 0.717) is 23.1 Å². The Bertz CT molecular complexity index is 1330. The predicted octanol–water partition coefficient (Wildman–Crippen LogP) is 5.39. The molecule has 0 aromatic heterocycles. The van der Waals surface area contributed by atoms with E-state index in [-0.39, 0.29) is 6.61 Å². The summed E-state index contributed by atoms with van der Waals surface area (Å²) in [7, 11) is 1.33. The van der Waals surface area contributed by atoms with Crippen LogP contribution >= 0.6 is 11.6 Å². The van der Waals surface area contributed by atoms with Gasteiger partial charge in [-0.2, -0.15) is 0 Å². The van der Waals surface area contributed by atoms with E-state index in [2.05, 4.69) is 39.7 Å². The standard InChI is InChI=1S/C32H32ClNO5/c1-24-22-29(13-14-31(24)39-23-32(35)36-2)38-19-15-30(27-9-11-28(33)12-10-27)26-7-5-25(6-8-26)4-3-16-34-17-20-37-21-18-34/h5-15,22H,16-21,23H2,1-2H3/b30-15-. The number of morpholine rings is 1. The normalized spacial score (nSPS) is 13.8. The van der Waals surface area contributed by atoms with Gasteiger partial charge in [0.15, 0.2) is 6.61 Å². The summed E-state index contributed by atoms with van der Waals surface area (Å²) in [4.78, 5) is 13.7. The van der Waals surface area contributed by atoms with Crippen molar-refractivity contribution in [3.63, 3.8) is 0 Å². The van der Waals surface area contributed by atoms with Crippen molar-refractivity contribution >= 4 is 23.1 Å². The Morgan fingerprint density at radius 1 is 1.00 bits per heavy atom. The van der Waals surface area contributed by atoms with Gasteiger partial charge in [-0.3, -0.25) is 4.90 Å². The molecule has 3 aromatic carbocycles. The molecule has 7 heteroatoms. The van der Waals surface area contributed by atoms with E-state index in [1.54, 1.807) is 6.07 Å². The number of aryl methyl sites for hydroxylation is 1. The van der Waals surface area contributed by atoms with E-state index in [9.17, 15) is 4.79 Å². The summed E-state index contributed by atoms with van der Waals surface area (Å²) < 4.78 is 21.6. The largest absolute Gasteiger partial charge is 0.489 e. The molecule has 0 atom stereocenters. The summed E-state index contributed by atoms with van der Waals surface area (Å²) in [5.41, 5.74) is 4.97. The lowest BCUT2D eigenvalue weighted by Crippen LogP contribution is -2.36. The second-order valence-corrected chi connectivity index (χ2v) is 9.43. The number of nitrogens with zero attached hydrogens (tertiary/aromatic N) is 1. The van der Waals surface area contributed by atoms with E-state index in [4.69, 9.17) is 25.8 Å². The highest BCUT2D eigenvalue weighted by molar-refractivity contribution is 6.30. The van der Waals surface area contributed by atoms with Gasteiger partial charge in [0.2, 0.25) is 0 Å². The summed E-state index contributed by atoms with van der Waals surface area (Å²) in [6, 6.07) is 21.5. The lowest BCUT2D eigenvalue weighted by molar-refractivity contribution is -0.142. The average molecular weight is 546 g/mol. The van der Waals surface area contributed by atoms with Crippen LogP contribution < -0.4 is 9.47 Å². The zero-order valence-electron chi connectivity index (χ0n) is 22.2. The van der Waals surface area contributed by atoms with Crippen molar-refractivity contribution in [2.24, 2.45) is 0 Å². The fraction of sp³-hybridized carbons (Fsp3) is 0.281. The number of carbonyl (C=O) groups is 1. The number of methoxy groups -OCH3 is 1. The summed E-state index contributed by atoms with van der Waals surface area (Å²) in [6.45, 7) is 6.28. The van der Waals surface area contributed by atoms with Gasteiger partial charge in [-0.05, 0) is 77.7 Å². The first-order valence-corrected chi connectivity index (χ1v) is 13.2. The summed E-state index contributed by atoms with van der Waals surface area (Å²) in [6.07, 6.45) is 2.05. The van der Waals surface area contributed by atoms with Crippen LogP contribution in [-0.2, 0) is 14.3 Å². The molecule has 1 aliphatic heterocycles. The van der Waals surface area contributed by atoms with Crippen LogP contribution in [0.25, 0.3) is 5.57 Å². The lowest BCUT2D eigenvalue weighted by Gasteiger charge is -2.24. The van der Waals surface area contributed by atoms with E-state index in [1.165, 1.54) is 7.11 Å². The van der Waals surface area contributed by atoms with Gasteiger partial charge in [-0.1, -0.05) is 47.7 Å². The highest BCUT2D eigenvalue weighted by Crippen LogP contribution is 2.27. The van der Waals surface area contributed by atoms with Crippen molar-refractivity contribution in [1.29, 1.82) is 0 Å². The van der Waals surface area contributed by atoms with Crippen LogP contribution in [0.2, 0.25) is 5.02 Å². The van der Waals surface area contributed by atoms with E-state index in [0.717, 1.165) is 60.7 Å². The first kappa shape index (κ1) is 28.3. The number of carbonyl (C=O) groups excluding carboxylic acids is 1. The molecular weight excluding hydrogens is 514 g/mol. The molecule has 0 radical (unpaired) electrons. The Kier molecular flexibility index (Phi) is 10.4. The zero-order chi connectivity index (χ0) is 27.5. The molecule has 3 aromatic rings. The van der Waals surface area contributed by atoms with Crippen LogP contribution in [0.4, 0.5) is 0 Å². The molecule has 0 spiro atoms. The molecule has 0 amide bonds. The maximum Gasteiger partial charge on any atom is 0.343 e. The van der Waals surface area contributed by atoms with Gasteiger partial charge in [-0.25, -0.2) is 4.79 Å². The van der Waals surface area contributed by atoms with Gasteiger partial charge in [-0.15, -0.1) is 0 Å². The molecule has 4 rings (SSSR count). The third kappa shape index (κ3) is 8.62. The number of halogens is 1. The van der Waals surface area contributed by atoms with Gasteiger partial charge < -0.3 is 18.9 Å². The molecule has 0 aliphatic carbocycles. The first-order valence-electron chi connectivity index (χ1n) is 12.8. The van der Waals surface area contributed by atoms with Crippen molar-refractivity contribution < 1.29 is 23.7 Å². The third-order valence-corrected chi connectivity index (χ3v) is 6.50. The molecule has 6 nitrogen and oxygen atoms in total. The maximum atomic E-state index is 11.3. The van der Waals surface area contributed by atoms with Gasteiger partial charge in [0.25, 0.3) is 0 Å². The minimum absolute atomic E-state index is 0.136. The van der Waals surface area contributed by atoms with E-state index >= 15 is 0 Å². The number of ether oxygens (including phenoxy) is 4. The molecule has 39 heavy (non-hydrogen) atoms. The fourth-order valence-electron chi connectivity index (χ4n) is 4.07. The molecule has 1 aliphatic rings. The number of rotatable bonds is 9. The van der Waals surface area contributed by atoms with Crippen molar-refractivity contribution in [3.05, 3.63) is 100 Å². The lowest BCUT2D eigenvalue weighted by atomic mass is 9.97. The van der Waals surface area contributed by atoms with Crippen LogP contribution in [0, 0.1) is 18.8 Å². The van der Waals surface area contributed by atoms with Crippen LogP contribution in [-0.4, -0.2) is 64.0 Å². The summed E-state index contributed by atoms with van der Waals surface area (Å²) in [5.74, 6) is 7.43. The van der Waals surface area contributed by atoms with Crippen LogP contribution in [0.5, 0.6) is 11.5 Å². The summed E-state index contributed by atoms with van der Waals surface area (Å²) in [5, 5.41) is 0.685. The molecule has 0 N–H and O–H groups in total. The van der Waals surface area contributed by atoms with Gasteiger partial charge >= 0.3 is 5.97 Å². The molecule has 1 heterocycles. The molecule has 202 valence electrons. The minimum Gasteiger partial charge on any atom is -0.489 e. The Morgan fingerprint density at radius 3 is 2.36 bits per heavy atom. The Balaban J connectivity index is 1.45. The number of hydrogen-bond donors (Lipinski definition) is 0. The molecular formula is C32H32ClNO5. The molecule has 0 bridgehead atoms. The van der Waals surface area contributed by atoms with Gasteiger partial charge in [0, 0.05) is 23.7 Å². The monoisotopic (exact) mass is 545 g/mol. The van der Waals surface area contributed by atoms with Gasteiger partial charge in [0.1, 0.15) is 18.1 Å². The Hall–Kier alpha value is -3.76. The average Bonchev–Trinajstić information content (AvgIpc) is 2.96. The molecule has 1 saturated heterocycles. The quantitative estimate of drug-likeness (QED) is 0.265. The highest BCUT2D eigenvalue weighted by atomic mass is 35.5. The minimum atomic E-state index is -0.428. The smallest absolute Gasteiger partial charge is 0.343 e. The number of esters is 1. The van der Waals surface area contributed by atoms with Crippen LogP contribution in [0.15, 0.2) is 72.8 Å². The second kappa shape index (κ2) is 14.4. The number of benzene rings is 3. The Labute approximate surface area is 235 Å². The summed E-state index contributed by atoms with van der Waals surface area (Å²) >= 11 is 6.14. The molecule has 0 saturated carbocycles. The topological polar surface area (TPSA) is 57.2 Å². The predicted molar refractivity (Wildman–Crippen MR) is 153 cm³/mol.